The Hall–Kier alpha value is -3.91. The van der Waals surface area contributed by atoms with Gasteiger partial charge >= 0.3 is 0 Å². The molecule has 3 N–H and O–H groups in total. The van der Waals surface area contributed by atoms with Crippen LogP contribution in [0.4, 0.5) is 0 Å². The molecule has 1 aliphatic rings. The van der Waals surface area contributed by atoms with Crippen LogP contribution in [0.1, 0.15) is 34.7 Å². The van der Waals surface area contributed by atoms with Crippen LogP contribution in [0.15, 0.2) is 102 Å². The van der Waals surface area contributed by atoms with E-state index < -0.39 is 15.9 Å². The molecule has 40 heavy (non-hydrogen) atoms. The van der Waals surface area contributed by atoms with Gasteiger partial charge in [0.15, 0.2) is 0 Å². The summed E-state index contributed by atoms with van der Waals surface area (Å²) in [5, 5.41) is 1.61. The molecule has 6 rings (SSSR count). The summed E-state index contributed by atoms with van der Waals surface area (Å²) < 4.78 is 28.5. The number of nitrogens with zero attached hydrogens (tertiary/aromatic N) is 1. The predicted molar refractivity (Wildman–Crippen MR) is 160 cm³/mol. The van der Waals surface area contributed by atoms with Gasteiger partial charge in [-0.2, -0.15) is 4.31 Å². The van der Waals surface area contributed by atoms with E-state index in [9.17, 15) is 13.2 Å². The Bertz CT molecular complexity index is 1790. The summed E-state index contributed by atoms with van der Waals surface area (Å²) in [6.07, 6.45) is 3.29. The highest BCUT2D eigenvalue weighted by atomic mass is 35.5. The van der Waals surface area contributed by atoms with Gasteiger partial charge in [-0.15, -0.1) is 0 Å². The molecule has 0 atom stereocenters. The number of aromatic amines is 1. The molecule has 1 aliphatic heterocycles. The maximum atomic E-state index is 13.5. The Kier molecular flexibility index (Phi) is 6.96. The molecule has 5 aromatic rings. The predicted octanol–water partition coefficient (Wildman–Crippen LogP) is 6.82. The number of fused-ring (bicyclic) bond motifs is 1. The summed E-state index contributed by atoms with van der Waals surface area (Å²) in [6.45, 7) is 0.833. The lowest BCUT2D eigenvalue weighted by molar-refractivity contribution is 0.100. The number of sulfonamides is 1. The number of piperidine rings is 1. The van der Waals surface area contributed by atoms with E-state index in [-0.39, 0.29) is 10.8 Å². The Morgan fingerprint density at radius 2 is 1.43 bits per heavy atom. The van der Waals surface area contributed by atoms with Crippen LogP contribution in [0.25, 0.3) is 33.2 Å². The van der Waals surface area contributed by atoms with E-state index in [2.05, 4.69) is 11.1 Å². The minimum absolute atomic E-state index is 0.152. The van der Waals surface area contributed by atoms with Gasteiger partial charge < -0.3 is 10.7 Å². The van der Waals surface area contributed by atoms with E-state index in [4.69, 9.17) is 17.3 Å². The summed E-state index contributed by atoms with van der Waals surface area (Å²) in [6, 6.07) is 28.3. The molecule has 2 heterocycles. The molecule has 0 saturated carbocycles. The molecule has 0 spiro atoms. The first-order chi connectivity index (χ1) is 19.3. The van der Waals surface area contributed by atoms with Crippen molar-refractivity contribution in [2.24, 2.45) is 5.73 Å². The lowest BCUT2D eigenvalue weighted by Crippen LogP contribution is -2.37. The van der Waals surface area contributed by atoms with Crippen molar-refractivity contribution in [3.63, 3.8) is 0 Å². The second kappa shape index (κ2) is 10.6. The van der Waals surface area contributed by atoms with Crippen molar-refractivity contribution >= 4 is 38.4 Å². The van der Waals surface area contributed by atoms with Crippen LogP contribution in [0, 0.1) is 0 Å². The Balaban J connectivity index is 1.23. The van der Waals surface area contributed by atoms with Crippen LogP contribution in [0.3, 0.4) is 0 Å². The summed E-state index contributed by atoms with van der Waals surface area (Å²) in [7, 11) is -3.62. The molecule has 8 heteroatoms. The summed E-state index contributed by atoms with van der Waals surface area (Å²) in [5.74, 6) is -0.335. The number of amides is 1. The normalized spacial score (nSPS) is 14.9. The van der Waals surface area contributed by atoms with Crippen LogP contribution in [0.5, 0.6) is 0 Å². The van der Waals surface area contributed by atoms with Crippen molar-refractivity contribution in [2.75, 3.05) is 13.1 Å². The Morgan fingerprint density at radius 3 is 2.05 bits per heavy atom. The number of halogens is 1. The van der Waals surface area contributed by atoms with Gasteiger partial charge in [0.2, 0.25) is 10.0 Å². The number of nitrogens with one attached hydrogen (secondary N) is 1. The number of H-pyrrole nitrogens is 1. The summed E-state index contributed by atoms with van der Waals surface area (Å²) in [4.78, 5) is 15.9. The average molecular weight is 570 g/mol. The lowest BCUT2D eigenvalue weighted by Gasteiger charge is -2.31. The van der Waals surface area contributed by atoms with Gasteiger partial charge in [-0.3, -0.25) is 4.79 Å². The molecule has 0 aliphatic carbocycles. The van der Waals surface area contributed by atoms with Gasteiger partial charge in [0.05, 0.1) is 16.0 Å². The van der Waals surface area contributed by atoms with Crippen molar-refractivity contribution in [1.82, 2.24) is 9.29 Å². The van der Waals surface area contributed by atoms with Gasteiger partial charge in [0.1, 0.15) is 0 Å². The molecular formula is C32H28ClN3O3S. The summed E-state index contributed by atoms with van der Waals surface area (Å²) in [5.41, 5.74) is 11.8. The van der Waals surface area contributed by atoms with Crippen molar-refractivity contribution in [3.05, 3.63) is 113 Å². The number of primary amides is 1. The minimum Gasteiger partial charge on any atom is -0.366 e. The molecule has 0 bridgehead atoms. The smallest absolute Gasteiger partial charge is 0.250 e. The molecule has 0 unspecified atom stereocenters. The highest BCUT2D eigenvalue weighted by Crippen LogP contribution is 2.38. The van der Waals surface area contributed by atoms with Crippen LogP contribution in [-0.4, -0.2) is 36.7 Å². The molecule has 6 nitrogen and oxygen atoms in total. The molecule has 202 valence electrons. The van der Waals surface area contributed by atoms with Gasteiger partial charge in [0.25, 0.3) is 5.91 Å². The van der Waals surface area contributed by atoms with E-state index in [1.807, 2.05) is 79.0 Å². The van der Waals surface area contributed by atoms with Gasteiger partial charge in [-0.25, -0.2) is 8.42 Å². The largest absolute Gasteiger partial charge is 0.366 e. The topological polar surface area (TPSA) is 96.3 Å². The van der Waals surface area contributed by atoms with E-state index in [1.165, 1.54) is 0 Å². The second-order valence-corrected chi connectivity index (χ2v) is 12.5. The van der Waals surface area contributed by atoms with Crippen LogP contribution in [-0.2, 0) is 10.0 Å². The first-order valence-electron chi connectivity index (χ1n) is 13.2. The maximum Gasteiger partial charge on any atom is 0.250 e. The maximum absolute atomic E-state index is 13.5. The third kappa shape index (κ3) is 4.92. The number of nitrogens with two attached hydrogens (primary N) is 1. The number of hydrogen-bond acceptors (Lipinski definition) is 3. The van der Waals surface area contributed by atoms with E-state index in [0.29, 0.717) is 36.5 Å². The van der Waals surface area contributed by atoms with Crippen LogP contribution in [0.2, 0.25) is 5.02 Å². The van der Waals surface area contributed by atoms with Crippen LogP contribution < -0.4 is 5.73 Å². The van der Waals surface area contributed by atoms with E-state index in [0.717, 1.165) is 38.7 Å². The highest BCUT2D eigenvalue weighted by Gasteiger charge is 2.31. The van der Waals surface area contributed by atoms with Crippen molar-refractivity contribution in [3.8, 4) is 22.3 Å². The number of carbonyl (C=O) groups is 1. The fraction of sp³-hybridized carbons (Fsp3) is 0.156. The number of benzene rings is 4. The fourth-order valence-corrected chi connectivity index (χ4v) is 7.20. The zero-order valence-corrected chi connectivity index (χ0v) is 23.3. The molecule has 4 aromatic carbocycles. The average Bonchev–Trinajstić information content (AvgIpc) is 3.41. The zero-order valence-electron chi connectivity index (χ0n) is 21.7. The van der Waals surface area contributed by atoms with Gasteiger partial charge in [-0.05, 0) is 83.0 Å². The quantitative estimate of drug-likeness (QED) is 0.235. The minimum atomic E-state index is -3.62. The third-order valence-corrected chi connectivity index (χ3v) is 9.92. The second-order valence-electron chi connectivity index (χ2n) is 10.1. The number of hydrogen-bond donors (Lipinski definition) is 2. The molecule has 1 fully saturated rings. The van der Waals surface area contributed by atoms with Crippen molar-refractivity contribution in [2.45, 2.75) is 23.7 Å². The highest BCUT2D eigenvalue weighted by molar-refractivity contribution is 7.89. The molecular weight excluding hydrogens is 542 g/mol. The van der Waals surface area contributed by atoms with E-state index >= 15 is 0 Å². The SMILES string of the molecule is NC(=O)c1cc(-c2ccccc2)cc2c(C3CCN(S(=O)(=O)c4ccc(-c5ccc(Cl)cc5)cc4)CC3)c[nH]c12. The zero-order chi connectivity index (χ0) is 27.9. The first-order valence-corrected chi connectivity index (χ1v) is 15.0. The van der Waals surface area contributed by atoms with Crippen molar-refractivity contribution < 1.29 is 13.2 Å². The van der Waals surface area contributed by atoms with E-state index in [1.54, 1.807) is 16.4 Å². The molecule has 1 saturated heterocycles. The summed E-state index contributed by atoms with van der Waals surface area (Å²) >= 11 is 5.99. The fourth-order valence-electron chi connectivity index (χ4n) is 5.60. The molecule has 1 amide bonds. The van der Waals surface area contributed by atoms with Gasteiger partial charge in [0, 0.05) is 29.7 Å². The lowest BCUT2D eigenvalue weighted by atomic mass is 9.88. The van der Waals surface area contributed by atoms with Crippen LogP contribution >= 0.6 is 11.6 Å². The Labute approximate surface area is 238 Å². The van der Waals surface area contributed by atoms with Crippen molar-refractivity contribution in [1.29, 1.82) is 0 Å². The standard InChI is InChI=1S/C32H28ClN3O3S/c33-26-10-6-22(7-11-26)23-8-12-27(13-9-23)40(38,39)36-16-14-24(15-17-36)30-20-35-31-28(30)18-25(19-29(31)32(34)37)21-4-2-1-3-5-21/h1-13,18-20,24,35H,14-17H2,(H2,34,37). The number of aromatic nitrogens is 1. The number of rotatable bonds is 6. The van der Waals surface area contributed by atoms with Gasteiger partial charge in [-0.1, -0.05) is 66.2 Å². The first kappa shape index (κ1) is 26.3. The number of carbonyl (C=O) groups excluding carboxylic acids is 1. The Morgan fingerprint density at radius 1 is 0.825 bits per heavy atom. The molecule has 0 radical (unpaired) electrons. The molecule has 1 aromatic heterocycles. The third-order valence-electron chi connectivity index (χ3n) is 7.76. The monoisotopic (exact) mass is 569 g/mol.